The Morgan fingerprint density at radius 1 is 1.47 bits per heavy atom. The van der Waals surface area contributed by atoms with Crippen molar-refractivity contribution < 1.29 is 4.39 Å². The number of rotatable bonds is 7. The second-order valence-corrected chi connectivity index (χ2v) is 4.31. The van der Waals surface area contributed by atoms with Crippen molar-refractivity contribution >= 4 is 0 Å². The van der Waals surface area contributed by atoms with Gasteiger partial charge in [-0.3, -0.25) is 0 Å². The molecule has 2 heteroatoms. The number of nitrogens with one attached hydrogen (secondary N) is 1. The highest BCUT2D eigenvalue weighted by atomic mass is 19.1. The first-order valence-electron chi connectivity index (χ1n) is 6.30. The third-order valence-electron chi connectivity index (χ3n) is 2.95. The Balaban J connectivity index is 2.81. The highest BCUT2D eigenvalue weighted by Gasteiger charge is 2.15. The van der Waals surface area contributed by atoms with Gasteiger partial charge in [0, 0.05) is 11.6 Å². The van der Waals surface area contributed by atoms with E-state index in [9.17, 15) is 4.39 Å². The van der Waals surface area contributed by atoms with E-state index in [1.54, 1.807) is 0 Å². The van der Waals surface area contributed by atoms with Crippen LogP contribution in [0.4, 0.5) is 4.39 Å². The fourth-order valence-electron chi connectivity index (χ4n) is 2.02. The van der Waals surface area contributed by atoms with Crippen molar-refractivity contribution in [1.82, 2.24) is 5.32 Å². The molecule has 0 radical (unpaired) electrons. The lowest BCUT2D eigenvalue weighted by Gasteiger charge is -2.19. The largest absolute Gasteiger partial charge is 0.310 e. The Bertz CT molecular complexity index is 360. The van der Waals surface area contributed by atoms with E-state index in [0.29, 0.717) is 5.56 Å². The first-order valence-corrected chi connectivity index (χ1v) is 6.30. The topological polar surface area (TPSA) is 12.0 Å². The van der Waals surface area contributed by atoms with Crippen LogP contribution in [0.2, 0.25) is 0 Å². The summed E-state index contributed by atoms with van der Waals surface area (Å²) in [7, 11) is 0. The van der Waals surface area contributed by atoms with Gasteiger partial charge in [-0.05, 0) is 38.3 Å². The van der Waals surface area contributed by atoms with Gasteiger partial charge in [-0.15, -0.1) is 6.58 Å². The van der Waals surface area contributed by atoms with E-state index in [2.05, 4.69) is 11.9 Å². The first-order chi connectivity index (χ1) is 8.20. The summed E-state index contributed by atoms with van der Waals surface area (Å²) in [5.74, 6) is -0.0722. The summed E-state index contributed by atoms with van der Waals surface area (Å²) in [5, 5.41) is 3.35. The summed E-state index contributed by atoms with van der Waals surface area (Å²) < 4.78 is 14.0. The number of aryl methyl sites for hydroxylation is 1. The molecule has 1 N–H and O–H groups in total. The van der Waals surface area contributed by atoms with Crippen molar-refractivity contribution in [3.63, 3.8) is 0 Å². The zero-order chi connectivity index (χ0) is 12.7. The fraction of sp³-hybridized carbons (Fsp3) is 0.467. The predicted octanol–water partition coefficient (Wildman–Crippen LogP) is 4.14. The molecule has 0 aliphatic heterocycles. The van der Waals surface area contributed by atoms with E-state index < -0.39 is 0 Å². The minimum atomic E-state index is -0.0722. The quantitative estimate of drug-likeness (QED) is 0.553. The van der Waals surface area contributed by atoms with Crippen LogP contribution >= 0.6 is 0 Å². The molecule has 0 aromatic heterocycles. The minimum Gasteiger partial charge on any atom is -0.310 e. The summed E-state index contributed by atoms with van der Waals surface area (Å²) in [4.78, 5) is 0. The second kappa shape index (κ2) is 7.23. The van der Waals surface area contributed by atoms with Crippen molar-refractivity contribution in [3.05, 3.63) is 47.8 Å². The van der Waals surface area contributed by atoms with Crippen LogP contribution in [0.25, 0.3) is 0 Å². The second-order valence-electron chi connectivity index (χ2n) is 4.31. The van der Waals surface area contributed by atoms with Crippen molar-refractivity contribution in [2.45, 2.75) is 39.2 Å². The molecule has 1 aromatic rings. The van der Waals surface area contributed by atoms with Crippen LogP contribution in [0.5, 0.6) is 0 Å². The summed E-state index contributed by atoms with van der Waals surface area (Å²) in [6.07, 6.45) is 4.87. The lowest BCUT2D eigenvalue weighted by atomic mass is 9.98. The zero-order valence-corrected chi connectivity index (χ0v) is 10.8. The molecule has 1 aromatic carbocycles. The van der Waals surface area contributed by atoms with Crippen LogP contribution in [0.1, 0.15) is 43.4 Å². The number of benzene rings is 1. The molecule has 94 valence electrons. The van der Waals surface area contributed by atoms with Crippen LogP contribution in [0.3, 0.4) is 0 Å². The number of halogens is 1. The number of allylic oxidation sites excluding steroid dienone is 1. The Kier molecular flexibility index (Phi) is 5.92. The van der Waals surface area contributed by atoms with Gasteiger partial charge in [-0.25, -0.2) is 4.39 Å². The highest BCUT2D eigenvalue weighted by molar-refractivity contribution is 5.27. The van der Waals surface area contributed by atoms with Crippen molar-refractivity contribution in [2.24, 2.45) is 0 Å². The number of hydrogen-bond acceptors (Lipinski definition) is 1. The number of hydrogen-bond donors (Lipinski definition) is 1. The van der Waals surface area contributed by atoms with E-state index in [0.717, 1.165) is 31.4 Å². The summed E-state index contributed by atoms with van der Waals surface area (Å²) >= 11 is 0. The molecule has 0 bridgehead atoms. The van der Waals surface area contributed by atoms with Gasteiger partial charge in [-0.2, -0.15) is 0 Å². The molecule has 0 fully saturated rings. The Labute approximate surface area is 104 Å². The summed E-state index contributed by atoms with van der Waals surface area (Å²) in [5.41, 5.74) is 1.50. The van der Waals surface area contributed by atoms with Crippen molar-refractivity contribution in [1.29, 1.82) is 0 Å². The Morgan fingerprint density at radius 2 is 2.24 bits per heavy atom. The smallest absolute Gasteiger partial charge is 0.130 e. The van der Waals surface area contributed by atoms with Gasteiger partial charge in [0.05, 0.1) is 0 Å². The molecule has 0 aliphatic carbocycles. The monoisotopic (exact) mass is 235 g/mol. The fourth-order valence-corrected chi connectivity index (χ4v) is 2.02. The molecule has 0 spiro atoms. The lowest BCUT2D eigenvalue weighted by Crippen LogP contribution is -2.22. The van der Waals surface area contributed by atoms with Crippen LogP contribution in [-0.4, -0.2) is 6.54 Å². The molecule has 1 nitrogen and oxygen atoms in total. The number of unbranched alkanes of at least 4 members (excludes halogenated alkanes) is 1. The van der Waals surface area contributed by atoms with Crippen LogP contribution in [0.15, 0.2) is 30.9 Å². The molecule has 0 heterocycles. The van der Waals surface area contributed by atoms with Crippen molar-refractivity contribution in [3.8, 4) is 0 Å². The molecule has 0 saturated carbocycles. The molecule has 1 unspecified atom stereocenters. The van der Waals surface area contributed by atoms with E-state index in [4.69, 9.17) is 0 Å². The molecule has 0 saturated heterocycles. The average molecular weight is 235 g/mol. The first kappa shape index (κ1) is 13.9. The molecular formula is C15H22FN. The third kappa shape index (κ3) is 3.97. The van der Waals surface area contributed by atoms with Gasteiger partial charge in [0.2, 0.25) is 0 Å². The highest BCUT2D eigenvalue weighted by Crippen LogP contribution is 2.24. The predicted molar refractivity (Wildman–Crippen MR) is 71.6 cm³/mol. The molecule has 0 amide bonds. The van der Waals surface area contributed by atoms with Crippen LogP contribution < -0.4 is 5.32 Å². The summed E-state index contributed by atoms with van der Waals surface area (Å²) in [6, 6.07) is 5.72. The van der Waals surface area contributed by atoms with E-state index in [-0.39, 0.29) is 11.9 Å². The standard InChI is InChI=1S/C15H22FN/c1-4-6-7-11-14(17-5-2)13-10-8-9-12(3)15(13)16/h4,8-10,14,17H,1,5-7,11H2,2-3H3. The third-order valence-corrected chi connectivity index (χ3v) is 2.95. The van der Waals surface area contributed by atoms with Gasteiger partial charge >= 0.3 is 0 Å². The molecule has 17 heavy (non-hydrogen) atoms. The van der Waals surface area contributed by atoms with Gasteiger partial charge < -0.3 is 5.32 Å². The SMILES string of the molecule is C=CCCCC(NCC)c1cccc(C)c1F. The maximum Gasteiger partial charge on any atom is 0.130 e. The van der Waals surface area contributed by atoms with Gasteiger partial charge in [0.1, 0.15) is 5.82 Å². The van der Waals surface area contributed by atoms with Gasteiger partial charge in [0.15, 0.2) is 0 Å². The Hall–Kier alpha value is -1.15. The minimum absolute atomic E-state index is 0.0722. The van der Waals surface area contributed by atoms with Gasteiger partial charge in [0.25, 0.3) is 0 Å². The molecule has 1 atom stereocenters. The molecular weight excluding hydrogens is 213 g/mol. The zero-order valence-electron chi connectivity index (χ0n) is 10.8. The van der Waals surface area contributed by atoms with Crippen molar-refractivity contribution in [2.75, 3.05) is 6.54 Å². The maximum absolute atomic E-state index is 14.0. The van der Waals surface area contributed by atoms with E-state index >= 15 is 0 Å². The van der Waals surface area contributed by atoms with E-state index in [1.165, 1.54) is 0 Å². The normalized spacial score (nSPS) is 12.4. The van der Waals surface area contributed by atoms with Crippen LogP contribution in [-0.2, 0) is 0 Å². The van der Waals surface area contributed by atoms with Gasteiger partial charge in [-0.1, -0.05) is 31.2 Å². The average Bonchev–Trinajstić information content (AvgIpc) is 2.32. The molecule has 0 aliphatic rings. The lowest BCUT2D eigenvalue weighted by molar-refractivity contribution is 0.472. The van der Waals surface area contributed by atoms with Crippen LogP contribution in [0, 0.1) is 12.7 Å². The summed E-state index contributed by atoms with van der Waals surface area (Å²) in [6.45, 7) is 8.43. The molecule has 1 rings (SSSR count). The maximum atomic E-state index is 14.0. The Morgan fingerprint density at radius 3 is 2.88 bits per heavy atom. The van der Waals surface area contributed by atoms with E-state index in [1.807, 2.05) is 38.1 Å².